The fourth-order valence-corrected chi connectivity index (χ4v) is 3.88. The zero-order valence-corrected chi connectivity index (χ0v) is 12.7. The summed E-state index contributed by atoms with van der Waals surface area (Å²) in [5.41, 5.74) is 6.15. The highest BCUT2D eigenvalue weighted by molar-refractivity contribution is 7.89. The van der Waals surface area contributed by atoms with E-state index >= 15 is 0 Å². The van der Waals surface area contributed by atoms with Crippen molar-refractivity contribution >= 4 is 15.7 Å². The number of ether oxygens (including phenoxy) is 1. The Hall–Kier alpha value is -1.31. The van der Waals surface area contributed by atoms with Crippen molar-refractivity contribution in [3.8, 4) is 5.75 Å². The molecule has 1 aliphatic heterocycles. The van der Waals surface area contributed by atoms with Crippen LogP contribution >= 0.6 is 0 Å². The minimum Gasteiger partial charge on any atom is -0.495 e. The molecule has 0 saturated carbocycles. The third kappa shape index (κ3) is 2.89. The van der Waals surface area contributed by atoms with Gasteiger partial charge in [-0.1, -0.05) is 6.92 Å². The lowest BCUT2D eigenvalue weighted by Crippen LogP contribution is -2.48. The van der Waals surface area contributed by atoms with E-state index in [9.17, 15) is 8.42 Å². The number of hydrogen-bond donors (Lipinski definition) is 1. The molecule has 1 saturated heterocycles. The van der Waals surface area contributed by atoms with Crippen LogP contribution in [0.3, 0.4) is 0 Å². The van der Waals surface area contributed by atoms with Crippen LogP contribution in [-0.2, 0) is 10.0 Å². The largest absolute Gasteiger partial charge is 0.495 e. The number of sulfonamides is 1. The number of anilines is 1. The fraction of sp³-hybridized carbons (Fsp3) is 0.538. The molecule has 0 radical (unpaired) electrons. The Morgan fingerprint density at radius 2 is 1.90 bits per heavy atom. The number of nitrogens with two attached hydrogens (primary N) is 1. The first-order valence-electron chi connectivity index (χ1n) is 6.65. The Morgan fingerprint density at radius 1 is 1.25 bits per heavy atom. The number of methoxy groups -OCH3 is 1. The van der Waals surface area contributed by atoms with Gasteiger partial charge >= 0.3 is 0 Å². The topological polar surface area (TPSA) is 75.9 Å². The molecule has 112 valence electrons. The quantitative estimate of drug-likeness (QED) is 0.824. The van der Waals surface area contributed by atoms with Crippen molar-refractivity contribution in [1.29, 1.82) is 0 Å². The molecule has 0 amide bonds. The molecule has 2 rings (SSSR count). The van der Waals surface area contributed by atoms with Gasteiger partial charge < -0.3 is 15.4 Å². The van der Waals surface area contributed by atoms with Crippen molar-refractivity contribution in [2.45, 2.75) is 11.8 Å². The van der Waals surface area contributed by atoms with E-state index in [-0.39, 0.29) is 4.90 Å². The van der Waals surface area contributed by atoms with Gasteiger partial charge in [-0.2, -0.15) is 4.31 Å². The molecular weight excluding hydrogens is 278 g/mol. The lowest BCUT2D eigenvalue weighted by Gasteiger charge is -2.33. The van der Waals surface area contributed by atoms with Crippen molar-refractivity contribution in [2.75, 3.05) is 45.6 Å². The predicted octanol–water partition coefficient (Wildman–Crippen LogP) is 0.604. The molecule has 0 atom stereocenters. The molecule has 1 aliphatic rings. The fourth-order valence-electron chi connectivity index (χ4n) is 2.32. The summed E-state index contributed by atoms with van der Waals surface area (Å²) in [5.74, 6) is 0.294. The minimum absolute atomic E-state index is 0.180. The first-order chi connectivity index (χ1) is 9.48. The summed E-state index contributed by atoms with van der Waals surface area (Å²) < 4.78 is 32.0. The molecule has 1 heterocycles. The van der Waals surface area contributed by atoms with Crippen molar-refractivity contribution in [3.63, 3.8) is 0 Å². The second-order valence-electron chi connectivity index (χ2n) is 4.75. The van der Waals surface area contributed by atoms with Crippen LogP contribution in [-0.4, -0.2) is 57.5 Å². The predicted molar refractivity (Wildman–Crippen MR) is 78.3 cm³/mol. The molecular formula is C13H21N3O3S. The SMILES string of the molecule is CCN1CCN(S(=O)(=O)c2ccc(N)cc2OC)CC1. The van der Waals surface area contributed by atoms with Crippen molar-refractivity contribution < 1.29 is 13.2 Å². The average molecular weight is 299 g/mol. The van der Waals surface area contributed by atoms with Crippen molar-refractivity contribution in [3.05, 3.63) is 18.2 Å². The molecule has 0 unspecified atom stereocenters. The van der Waals surface area contributed by atoms with E-state index in [1.807, 2.05) is 0 Å². The molecule has 0 aromatic heterocycles. The molecule has 0 bridgehead atoms. The molecule has 1 fully saturated rings. The number of nitrogen functional groups attached to an aromatic ring is 1. The van der Waals surface area contributed by atoms with Crippen molar-refractivity contribution in [2.24, 2.45) is 0 Å². The van der Waals surface area contributed by atoms with Gasteiger partial charge in [-0.05, 0) is 18.7 Å². The van der Waals surface area contributed by atoms with Crippen molar-refractivity contribution in [1.82, 2.24) is 9.21 Å². The van der Waals surface area contributed by atoms with E-state index in [0.29, 0.717) is 24.5 Å². The Kier molecular flexibility index (Phi) is 4.52. The zero-order chi connectivity index (χ0) is 14.8. The average Bonchev–Trinajstić information content (AvgIpc) is 2.46. The van der Waals surface area contributed by atoms with E-state index in [1.54, 1.807) is 6.07 Å². The highest BCUT2D eigenvalue weighted by Crippen LogP contribution is 2.29. The molecule has 0 spiro atoms. The van der Waals surface area contributed by atoms with E-state index in [1.165, 1.54) is 23.5 Å². The third-order valence-electron chi connectivity index (χ3n) is 3.58. The van der Waals surface area contributed by atoms with E-state index < -0.39 is 10.0 Å². The number of nitrogens with zero attached hydrogens (tertiary/aromatic N) is 2. The van der Waals surface area contributed by atoms with Gasteiger partial charge in [0.25, 0.3) is 0 Å². The van der Waals surface area contributed by atoms with Gasteiger partial charge in [-0.25, -0.2) is 8.42 Å². The Labute approximate surface area is 120 Å². The number of rotatable bonds is 4. The molecule has 6 nitrogen and oxygen atoms in total. The lowest BCUT2D eigenvalue weighted by atomic mass is 10.3. The van der Waals surface area contributed by atoms with Crippen LogP contribution in [0.1, 0.15) is 6.92 Å². The number of piperazine rings is 1. The van der Waals surface area contributed by atoms with Gasteiger partial charge in [0.05, 0.1) is 7.11 Å². The molecule has 7 heteroatoms. The number of likely N-dealkylation sites (N-methyl/N-ethyl adjacent to an activating group) is 1. The summed E-state index contributed by atoms with van der Waals surface area (Å²) in [4.78, 5) is 2.41. The zero-order valence-electron chi connectivity index (χ0n) is 11.9. The number of benzene rings is 1. The van der Waals surface area contributed by atoms with Crippen LogP contribution in [0.5, 0.6) is 5.75 Å². The van der Waals surface area contributed by atoms with Gasteiger partial charge in [0.15, 0.2) is 0 Å². The van der Waals surface area contributed by atoms with Gasteiger partial charge in [0.1, 0.15) is 10.6 Å². The highest BCUT2D eigenvalue weighted by atomic mass is 32.2. The summed E-state index contributed by atoms with van der Waals surface area (Å²) in [6.45, 7) is 5.54. The summed E-state index contributed by atoms with van der Waals surface area (Å²) in [7, 11) is -2.08. The van der Waals surface area contributed by atoms with Crippen LogP contribution in [0.2, 0.25) is 0 Å². The Morgan fingerprint density at radius 3 is 2.45 bits per heavy atom. The standard InChI is InChI=1S/C13H21N3O3S/c1-3-15-6-8-16(9-7-15)20(17,18)13-5-4-11(14)10-12(13)19-2/h4-5,10H,3,6-9,14H2,1-2H3. The first kappa shape index (κ1) is 15.1. The van der Waals surface area contributed by atoms with Crippen LogP contribution in [0.25, 0.3) is 0 Å². The maximum atomic E-state index is 12.7. The van der Waals surface area contributed by atoms with Gasteiger partial charge in [-0.15, -0.1) is 0 Å². The van der Waals surface area contributed by atoms with Crippen LogP contribution in [0, 0.1) is 0 Å². The Bertz CT molecular complexity index is 566. The number of hydrogen-bond acceptors (Lipinski definition) is 5. The van der Waals surface area contributed by atoms with E-state index in [0.717, 1.165) is 19.6 Å². The van der Waals surface area contributed by atoms with Crippen LogP contribution < -0.4 is 10.5 Å². The van der Waals surface area contributed by atoms with Crippen LogP contribution in [0.4, 0.5) is 5.69 Å². The molecule has 2 N–H and O–H groups in total. The van der Waals surface area contributed by atoms with E-state index in [2.05, 4.69) is 11.8 Å². The smallest absolute Gasteiger partial charge is 0.246 e. The second-order valence-corrected chi connectivity index (χ2v) is 6.66. The summed E-state index contributed by atoms with van der Waals surface area (Å²) in [6.07, 6.45) is 0. The van der Waals surface area contributed by atoms with Gasteiger partial charge in [0, 0.05) is 37.9 Å². The normalized spacial score (nSPS) is 18.1. The molecule has 1 aromatic carbocycles. The summed E-state index contributed by atoms with van der Waals surface area (Å²) in [6, 6.07) is 4.63. The Balaban J connectivity index is 2.27. The van der Waals surface area contributed by atoms with Crippen LogP contribution in [0.15, 0.2) is 23.1 Å². The second kappa shape index (κ2) is 5.99. The van der Waals surface area contributed by atoms with Gasteiger partial charge in [-0.3, -0.25) is 0 Å². The molecule has 1 aromatic rings. The summed E-state index contributed by atoms with van der Waals surface area (Å²) in [5, 5.41) is 0. The first-order valence-corrected chi connectivity index (χ1v) is 8.09. The van der Waals surface area contributed by atoms with E-state index in [4.69, 9.17) is 10.5 Å². The summed E-state index contributed by atoms with van der Waals surface area (Å²) >= 11 is 0. The molecule has 20 heavy (non-hydrogen) atoms. The van der Waals surface area contributed by atoms with Gasteiger partial charge in [0.2, 0.25) is 10.0 Å². The highest BCUT2D eigenvalue weighted by Gasteiger charge is 2.30. The third-order valence-corrected chi connectivity index (χ3v) is 5.52. The molecule has 0 aliphatic carbocycles. The minimum atomic E-state index is -3.53. The lowest BCUT2D eigenvalue weighted by molar-refractivity contribution is 0.196. The maximum absolute atomic E-state index is 12.7. The monoisotopic (exact) mass is 299 g/mol. The maximum Gasteiger partial charge on any atom is 0.246 e.